The van der Waals surface area contributed by atoms with E-state index in [2.05, 4.69) is 24.8 Å². The summed E-state index contributed by atoms with van der Waals surface area (Å²) in [5.74, 6) is 0.879. The fraction of sp³-hybridized carbons (Fsp3) is 1.00. The number of hydrogen-bond acceptors (Lipinski definition) is 1. The van der Waals surface area contributed by atoms with Crippen LogP contribution in [0.3, 0.4) is 0 Å². The third-order valence-corrected chi connectivity index (χ3v) is 15.1. The Balaban J connectivity index is 2.02. The topological polar surface area (TPSA) is 9.23 Å². The smallest absolute Gasteiger partial charge is 0.0692 e. The van der Waals surface area contributed by atoms with E-state index in [1.165, 1.54) is 25.7 Å². The van der Waals surface area contributed by atoms with Gasteiger partial charge in [0.05, 0.1) is 5.60 Å². The van der Waals surface area contributed by atoms with Crippen LogP contribution in [0.25, 0.3) is 0 Å². The van der Waals surface area contributed by atoms with Crippen molar-refractivity contribution in [3.8, 4) is 0 Å². The van der Waals surface area contributed by atoms with Crippen molar-refractivity contribution in [1.82, 2.24) is 0 Å². The van der Waals surface area contributed by atoms with Crippen LogP contribution in [-0.4, -0.2) is 17.9 Å². The van der Waals surface area contributed by atoms with Crippen LogP contribution in [0.4, 0.5) is 0 Å². The Morgan fingerprint density at radius 2 is 2.29 bits per heavy atom. The minimum atomic E-state index is 0.166. The standard InChI is InChI=1S/C9H20OP4/c1-7-5-9(3-2-4-10-9)6-8(7)14(12)13-11/h7-8,13H,2-6,11-12H2,1H3/t7-,8+,9?,14?/m0/s1. The van der Waals surface area contributed by atoms with E-state index >= 15 is 0 Å². The lowest BCUT2D eigenvalue weighted by Gasteiger charge is -2.24. The maximum Gasteiger partial charge on any atom is 0.0692 e. The van der Waals surface area contributed by atoms with Gasteiger partial charge in [-0.05, 0) is 37.3 Å². The molecule has 1 spiro atoms. The Hall–Kier alpha value is 1.68. The normalized spacial score (nSPS) is 45.6. The van der Waals surface area contributed by atoms with Crippen molar-refractivity contribution in [2.75, 3.05) is 6.61 Å². The summed E-state index contributed by atoms with van der Waals surface area (Å²) in [6, 6.07) is 0. The molecule has 1 aliphatic carbocycles. The summed E-state index contributed by atoms with van der Waals surface area (Å²) in [4.78, 5) is 0. The predicted molar refractivity (Wildman–Crippen MR) is 74.8 cm³/mol. The molecule has 0 N–H and O–H groups in total. The summed E-state index contributed by atoms with van der Waals surface area (Å²) >= 11 is 0. The minimum Gasteiger partial charge on any atom is -0.375 e. The average Bonchev–Trinajstić information content (AvgIpc) is 2.74. The van der Waals surface area contributed by atoms with Gasteiger partial charge in [-0.25, -0.2) is 0 Å². The van der Waals surface area contributed by atoms with Gasteiger partial charge < -0.3 is 4.74 Å². The van der Waals surface area contributed by atoms with E-state index in [0.29, 0.717) is 5.60 Å². The molecule has 0 aromatic heterocycles. The van der Waals surface area contributed by atoms with Crippen LogP contribution in [0.1, 0.15) is 32.6 Å². The minimum absolute atomic E-state index is 0.166. The molecule has 5 unspecified atom stereocenters. The second kappa shape index (κ2) is 4.90. The van der Waals surface area contributed by atoms with Crippen LogP contribution in [0.5, 0.6) is 0 Å². The third-order valence-electron chi connectivity index (χ3n) is 3.62. The van der Waals surface area contributed by atoms with Crippen LogP contribution < -0.4 is 0 Å². The summed E-state index contributed by atoms with van der Waals surface area (Å²) in [5, 5.41) is 0. The molecule has 0 radical (unpaired) electrons. The monoisotopic (exact) mass is 268 g/mol. The van der Waals surface area contributed by atoms with Crippen molar-refractivity contribution in [2.45, 2.75) is 43.9 Å². The van der Waals surface area contributed by atoms with E-state index in [9.17, 15) is 0 Å². The first-order valence-corrected chi connectivity index (χ1v) is 12.0. The van der Waals surface area contributed by atoms with E-state index in [4.69, 9.17) is 4.74 Å². The van der Waals surface area contributed by atoms with E-state index < -0.39 is 0 Å². The van der Waals surface area contributed by atoms with Crippen molar-refractivity contribution in [2.24, 2.45) is 5.92 Å². The second-order valence-electron chi connectivity index (χ2n) is 4.62. The van der Waals surface area contributed by atoms with Crippen molar-refractivity contribution >= 4 is 33.1 Å². The summed E-state index contributed by atoms with van der Waals surface area (Å²) < 4.78 is 5.99. The molecule has 2 aliphatic rings. The van der Waals surface area contributed by atoms with Gasteiger partial charge in [-0.15, -0.1) is 17.9 Å². The van der Waals surface area contributed by atoms with Gasteiger partial charge >= 0.3 is 0 Å². The molecule has 1 aliphatic heterocycles. The van der Waals surface area contributed by atoms with Gasteiger partial charge in [0.25, 0.3) is 0 Å². The quantitative estimate of drug-likeness (QED) is 0.688. The first-order valence-electron chi connectivity index (χ1n) is 5.31. The molecule has 5 heteroatoms. The van der Waals surface area contributed by atoms with Crippen molar-refractivity contribution in [3.63, 3.8) is 0 Å². The maximum absolute atomic E-state index is 5.99. The highest BCUT2D eigenvalue weighted by molar-refractivity contribution is 8.61. The van der Waals surface area contributed by atoms with Crippen molar-refractivity contribution in [3.05, 3.63) is 0 Å². The zero-order valence-electron chi connectivity index (χ0n) is 8.70. The summed E-state index contributed by atoms with van der Waals surface area (Å²) in [6.07, 6.45) is 5.27. The van der Waals surface area contributed by atoms with E-state index in [1.54, 1.807) is 0 Å². The highest BCUT2D eigenvalue weighted by atomic mass is 32.6. The predicted octanol–water partition coefficient (Wildman–Crippen LogP) is 3.99. The summed E-state index contributed by atoms with van der Waals surface area (Å²) in [5.41, 5.74) is 1.25. The molecular formula is C9H20OP4. The van der Waals surface area contributed by atoms with Gasteiger partial charge in [-0.3, -0.25) is 0 Å². The van der Waals surface area contributed by atoms with Crippen LogP contribution in [0.15, 0.2) is 0 Å². The van der Waals surface area contributed by atoms with Crippen molar-refractivity contribution < 1.29 is 4.74 Å². The first-order chi connectivity index (χ1) is 6.67. The number of hydrogen-bond donors (Lipinski definition) is 0. The fourth-order valence-electron chi connectivity index (χ4n) is 2.93. The molecule has 2 rings (SSSR count). The summed E-state index contributed by atoms with van der Waals surface area (Å²) in [6.45, 7) is 3.43. The zero-order valence-corrected chi connectivity index (χ0v) is 12.9. The largest absolute Gasteiger partial charge is 0.375 e. The van der Waals surface area contributed by atoms with Gasteiger partial charge in [0, 0.05) is 6.61 Å². The first kappa shape index (κ1) is 12.1. The Labute approximate surface area is 94.5 Å². The van der Waals surface area contributed by atoms with Gasteiger partial charge in [0.1, 0.15) is 0 Å². The molecule has 0 amide bonds. The molecule has 2 fully saturated rings. The van der Waals surface area contributed by atoms with Gasteiger partial charge in [0.2, 0.25) is 0 Å². The zero-order chi connectivity index (χ0) is 10.2. The summed E-state index contributed by atoms with van der Waals surface area (Å²) in [7, 11) is 7.23. The molecule has 1 nitrogen and oxygen atoms in total. The average molecular weight is 268 g/mol. The number of ether oxygens (including phenoxy) is 1. The van der Waals surface area contributed by atoms with Crippen LogP contribution in [0, 0.1) is 5.92 Å². The Kier molecular flexibility index (Phi) is 4.25. The highest BCUT2D eigenvalue weighted by Gasteiger charge is 2.47. The lowest BCUT2D eigenvalue weighted by molar-refractivity contribution is 0.00796. The Morgan fingerprint density at radius 1 is 1.50 bits per heavy atom. The van der Waals surface area contributed by atoms with Crippen LogP contribution in [0.2, 0.25) is 0 Å². The molecule has 82 valence electrons. The van der Waals surface area contributed by atoms with E-state index in [0.717, 1.165) is 26.1 Å². The molecule has 1 saturated heterocycles. The lowest BCUT2D eigenvalue weighted by Crippen LogP contribution is -2.23. The molecule has 0 bridgehead atoms. The second-order valence-corrected chi connectivity index (χ2v) is 14.2. The molecule has 1 saturated carbocycles. The molecule has 0 aromatic carbocycles. The molecule has 0 aromatic rings. The van der Waals surface area contributed by atoms with E-state index in [-0.39, 0.29) is 7.30 Å². The van der Waals surface area contributed by atoms with Crippen LogP contribution in [-0.2, 0) is 4.74 Å². The van der Waals surface area contributed by atoms with Gasteiger partial charge in [-0.2, -0.15) is 0 Å². The molecular weight excluding hydrogens is 248 g/mol. The van der Waals surface area contributed by atoms with Crippen LogP contribution >= 0.6 is 33.1 Å². The van der Waals surface area contributed by atoms with Gasteiger partial charge in [-0.1, -0.05) is 22.2 Å². The molecule has 1 heterocycles. The van der Waals surface area contributed by atoms with Gasteiger partial charge in [0.15, 0.2) is 0 Å². The Bertz CT molecular complexity index is 205. The SMILES string of the molecule is C[C@H]1CC2(CCCO2)C[C@H]1P(P)PP. The highest BCUT2D eigenvalue weighted by Crippen LogP contribution is 2.73. The fourth-order valence-corrected chi connectivity index (χ4v) is 8.84. The lowest BCUT2D eigenvalue weighted by atomic mass is 9.97. The third kappa shape index (κ3) is 2.34. The number of rotatable bonds is 2. The Morgan fingerprint density at radius 3 is 2.86 bits per heavy atom. The molecule has 14 heavy (non-hydrogen) atoms. The van der Waals surface area contributed by atoms with Crippen molar-refractivity contribution in [1.29, 1.82) is 0 Å². The maximum atomic E-state index is 5.99. The molecule has 7 atom stereocenters. The van der Waals surface area contributed by atoms with E-state index in [1.807, 2.05) is 0 Å².